The van der Waals surface area contributed by atoms with Gasteiger partial charge in [-0.3, -0.25) is 9.59 Å². The molecule has 1 aliphatic heterocycles. The van der Waals surface area contributed by atoms with Gasteiger partial charge >= 0.3 is 0 Å². The highest BCUT2D eigenvalue weighted by atomic mass is 19.1. The summed E-state index contributed by atoms with van der Waals surface area (Å²) in [6.45, 7) is 4.02. The van der Waals surface area contributed by atoms with Crippen molar-refractivity contribution in [2.45, 2.75) is 26.2 Å². The Hall–Kier alpha value is -2.89. The number of carbonyl (C=O) groups is 2. The smallest absolute Gasteiger partial charge is 0.264 e. The summed E-state index contributed by atoms with van der Waals surface area (Å²) in [4.78, 5) is 26.0. The number of para-hydroxylation sites is 1. The summed E-state index contributed by atoms with van der Waals surface area (Å²) in [5.74, 6) is 0.0891. The van der Waals surface area contributed by atoms with Gasteiger partial charge in [0.2, 0.25) is 5.91 Å². The molecule has 0 saturated heterocycles. The number of halogens is 1. The van der Waals surface area contributed by atoms with Crippen LogP contribution in [-0.4, -0.2) is 25.5 Å². The number of hydrogen-bond acceptors (Lipinski definition) is 3. The van der Waals surface area contributed by atoms with E-state index in [1.54, 1.807) is 37.4 Å². The van der Waals surface area contributed by atoms with E-state index in [4.69, 9.17) is 4.74 Å². The zero-order valence-corrected chi connectivity index (χ0v) is 15.7. The van der Waals surface area contributed by atoms with Gasteiger partial charge in [0.05, 0.1) is 11.4 Å². The first-order valence-corrected chi connectivity index (χ1v) is 8.94. The van der Waals surface area contributed by atoms with E-state index >= 15 is 0 Å². The molecular weight excluding hydrogens is 347 g/mol. The molecule has 2 aromatic carbocycles. The molecule has 1 heterocycles. The number of anilines is 2. The number of nitrogens with one attached hydrogen (secondary N) is 1. The van der Waals surface area contributed by atoms with Crippen LogP contribution < -0.4 is 15.0 Å². The molecule has 1 unspecified atom stereocenters. The standard InChI is InChI=1S/C21H23FN2O3/c1-13(2)16(14-7-9-15(22)10-8-14)11-19(25)23-17-5-4-6-18-21(17)27-12-20(26)24(18)3/h4-10,13,16H,11-12H2,1-3H3,(H,23,25). The second kappa shape index (κ2) is 7.78. The van der Waals surface area contributed by atoms with E-state index in [2.05, 4.69) is 5.32 Å². The number of nitrogens with zero attached hydrogens (tertiary/aromatic N) is 1. The molecule has 5 nitrogen and oxygen atoms in total. The Morgan fingerprint density at radius 2 is 1.93 bits per heavy atom. The highest BCUT2D eigenvalue weighted by Gasteiger charge is 2.26. The van der Waals surface area contributed by atoms with E-state index in [0.29, 0.717) is 17.1 Å². The van der Waals surface area contributed by atoms with Crippen molar-refractivity contribution in [3.05, 3.63) is 53.8 Å². The number of ether oxygens (including phenoxy) is 1. The van der Waals surface area contributed by atoms with Gasteiger partial charge in [0.15, 0.2) is 12.4 Å². The molecule has 0 aromatic heterocycles. The molecule has 0 spiro atoms. The van der Waals surface area contributed by atoms with Crippen LogP contribution in [0.4, 0.5) is 15.8 Å². The summed E-state index contributed by atoms with van der Waals surface area (Å²) in [5, 5.41) is 2.90. The van der Waals surface area contributed by atoms with Crippen LogP contribution in [0.1, 0.15) is 31.7 Å². The molecule has 0 radical (unpaired) electrons. The fourth-order valence-corrected chi connectivity index (χ4v) is 3.25. The Kier molecular flexibility index (Phi) is 5.44. The SMILES string of the molecule is CC(C)C(CC(=O)Nc1cccc2c1OCC(=O)N2C)c1ccc(F)cc1. The maximum Gasteiger partial charge on any atom is 0.264 e. The van der Waals surface area contributed by atoms with Gasteiger partial charge < -0.3 is 15.0 Å². The molecule has 1 N–H and O–H groups in total. The second-order valence-electron chi connectivity index (χ2n) is 7.05. The Balaban J connectivity index is 1.77. The molecule has 3 rings (SSSR count). The minimum atomic E-state index is -0.294. The third-order valence-corrected chi connectivity index (χ3v) is 4.85. The van der Waals surface area contributed by atoms with Crippen molar-refractivity contribution in [3.8, 4) is 5.75 Å². The molecule has 2 amide bonds. The average Bonchev–Trinajstić information content (AvgIpc) is 2.64. The van der Waals surface area contributed by atoms with E-state index in [1.165, 1.54) is 17.0 Å². The van der Waals surface area contributed by atoms with E-state index in [0.717, 1.165) is 5.56 Å². The molecule has 0 aliphatic carbocycles. The van der Waals surface area contributed by atoms with Crippen LogP contribution in [-0.2, 0) is 9.59 Å². The third-order valence-electron chi connectivity index (χ3n) is 4.85. The van der Waals surface area contributed by atoms with E-state index in [1.807, 2.05) is 13.8 Å². The molecule has 6 heteroatoms. The number of amides is 2. The van der Waals surface area contributed by atoms with Gasteiger partial charge in [-0.25, -0.2) is 4.39 Å². The van der Waals surface area contributed by atoms with E-state index in [-0.39, 0.29) is 42.5 Å². The van der Waals surface area contributed by atoms with Crippen LogP contribution >= 0.6 is 0 Å². The van der Waals surface area contributed by atoms with Gasteiger partial charge in [0.1, 0.15) is 5.82 Å². The van der Waals surface area contributed by atoms with Crippen LogP contribution in [0.3, 0.4) is 0 Å². The molecule has 27 heavy (non-hydrogen) atoms. The van der Waals surface area contributed by atoms with Gasteiger partial charge in [-0.15, -0.1) is 0 Å². The van der Waals surface area contributed by atoms with E-state index in [9.17, 15) is 14.0 Å². The van der Waals surface area contributed by atoms with Crippen LogP contribution in [0.5, 0.6) is 5.75 Å². The number of rotatable bonds is 5. The minimum Gasteiger partial charge on any atom is -0.479 e. The molecule has 0 bridgehead atoms. The minimum absolute atomic E-state index is 0.0321. The van der Waals surface area contributed by atoms with Crippen LogP contribution in [0, 0.1) is 11.7 Å². The summed E-state index contributed by atoms with van der Waals surface area (Å²) in [6, 6.07) is 11.6. The van der Waals surface area contributed by atoms with Crippen molar-refractivity contribution in [1.82, 2.24) is 0 Å². The number of benzene rings is 2. The lowest BCUT2D eigenvalue weighted by Crippen LogP contribution is -2.35. The Morgan fingerprint density at radius 3 is 2.59 bits per heavy atom. The van der Waals surface area contributed by atoms with Gasteiger partial charge in [-0.2, -0.15) is 0 Å². The average molecular weight is 370 g/mol. The predicted molar refractivity (Wildman–Crippen MR) is 103 cm³/mol. The third kappa shape index (κ3) is 4.10. The van der Waals surface area contributed by atoms with E-state index < -0.39 is 0 Å². The number of carbonyl (C=O) groups excluding carboxylic acids is 2. The number of hydrogen-bond donors (Lipinski definition) is 1. The zero-order valence-electron chi connectivity index (χ0n) is 15.7. The van der Waals surface area contributed by atoms with Crippen LogP contribution in [0.15, 0.2) is 42.5 Å². The lowest BCUT2D eigenvalue weighted by atomic mass is 9.85. The maximum atomic E-state index is 13.2. The highest BCUT2D eigenvalue weighted by Crippen LogP contribution is 2.38. The number of fused-ring (bicyclic) bond motifs is 1. The Morgan fingerprint density at radius 1 is 1.22 bits per heavy atom. The van der Waals surface area contributed by atoms with Crippen LogP contribution in [0.25, 0.3) is 0 Å². The first kappa shape index (κ1) is 18.9. The first-order valence-electron chi connectivity index (χ1n) is 8.94. The molecule has 1 atom stereocenters. The second-order valence-corrected chi connectivity index (χ2v) is 7.05. The molecule has 0 saturated carbocycles. The highest BCUT2D eigenvalue weighted by molar-refractivity contribution is 6.01. The van der Waals surface area contributed by atoms with Crippen LogP contribution in [0.2, 0.25) is 0 Å². The quantitative estimate of drug-likeness (QED) is 0.867. The molecule has 2 aromatic rings. The van der Waals surface area contributed by atoms with Crippen molar-refractivity contribution in [1.29, 1.82) is 0 Å². The van der Waals surface area contributed by atoms with Gasteiger partial charge in [0.25, 0.3) is 5.91 Å². The monoisotopic (exact) mass is 370 g/mol. The summed E-state index contributed by atoms with van der Waals surface area (Å²) in [5.41, 5.74) is 2.10. The predicted octanol–water partition coefficient (Wildman–Crippen LogP) is 3.95. The largest absolute Gasteiger partial charge is 0.479 e. The van der Waals surface area contributed by atoms with Crippen molar-refractivity contribution in [2.75, 3.05) is 23.9 Å². The Labute approximate surface area is 158 Å². The maximum absolute atomic E-state index is 13.2. The fraction of sp³-hybridized carbons (Fsp3) is 0.333. The molecule has 1 aliphatic rings. The normalized spacial score (nSPS) is 14.6. The van der Waals surface area contributed by atoms with Gasteiger partial charge in [-0.05, 0) is 41.7 Å². The lowest BCUT2D eigenvalue weighted by Gasteiger charge is -2.28. The van der Waals surface area contributed by atoms with Crippen molar-refractivity contribution >= 4 is 23.2 Å². The van der Waals surface area contributed by atoms with Crippen molar-refractivity contribution < 1.29 is 18.7 Å². The summed E-state index contributed by atoms with van der Waals surface area (Å²) < 4.78 is 18.7. The summed E-state index contributed by atoms with van der Waals surface area (Å²) >= 11 is 0. The molecular formula is C21H23FN2O3. The summed E-state index contributed by atoms with van der Waals surface area (Å²) in [6.07, 6.45) is 0.266. The van der Waals surface area contributed by atoms with Crippen molar-refractivity contribution in [3.63, 3.8) is 0 Å². The van der Waals surface area contributed by atoms with Crippen molar-refractivity contribution in [2.24, 2.45) is 5.92 Å². The first-order chi connectivity index (χ1) is 12.9. The summed E-state index contributed by atoms with van der Waals surface area (Å²) in [7, 11) is 1.68. The lowest BCUT2D eigenvalue weighted by molar-refractivity contribution is -0.121. The molecule has 0 fully saturated rings. The zero-order chi connectivity index (χ0) is 19.6. The Bertz CT molecular complexity index is 849. The number of likely N-dealkylation sites (N-methyl/N-ethyl adjacent to an activating group) is 1. The molecule has 142 valence electrons. The van der Waals surface area contributed by atoms with Gasteiger partial charge in [0, 0.05) is 13.5 Å². The van der Waals surface area contributed by atoms with Gasteiger partial charge in [-0.1, -0.05) is 32.0 Å². The fourth-order valence-electron chi connectivity index (χ4n) is 3.25. The topological polar surface area (TPSA) is 58.6 Å².